The first-order valence-corrected chi connectivity index (χ1v) is 5.95. The number of aryl methyl sites for hydroxylation is 2. The SMILES string of the molecule is CCC.Cc1ccc2sc(C)cc2c1. The van der Waals surface area contributed by atoms with Crippen molar-refractivity contribution < 1.29 is 0 Å². The van der Waals surface area contributed by atoms with Gasteiger partial charge in [-0.3, -0.25) is 0 Å². The molecule has 0 aliphatic heterocycles. The van der Waals surface area contributed by atoms with Crippen LogP contribution >= 0.6 is 11.3 Å². The zero-order chi connectivity index (χ0) is 10.6. The van der Waals surface area contributed by atoms with Gasteiger partial charge in [-0.2, -0.15) is 0 Å². The number of rotatable bonds is 0. The van der Waals surface area contributed by atoms with Crippen molar-refractivity contribution in [2.45, 2.75) is 34.1 Å². The summed E-state index contributed by atoms with van der Waals surface area (Å²) in [6.45, 7) is 8.53. The van der Waals surface area contributed by atoms with Gasteiger partial charge >= 0.3 is 0 Å². The molecule has 0 aliphatic carbocycles. The van der Waals surface area contributed by atoms with Gasteiger partial charge in [-0.05, 0) is 31.4 Å². The van der Waals surface area contributed by atoms with Crippen LogP contribution in [-0.4, -0.2) is 0 Å². The predicted octanol–water partition coefficient (Wildman–Crippen LogP) is 4.93. The Morgan fingerprint density at radius 1 is 1.07 bits per heavy atom. The molecule has 0 aliphatic rings. The normalized spacial score (nSPS) is 9.71. The van der Waals surface area contributed by atoms with Crippen molar-refractivity contribution in [1.82, 2.24) is 0 Å². The molecule has 14 heavy (non-hydrogen) atoms. The van der Waals surface area contributed by atoms with Crippen LogP contribution in [0, 0.1) is 13.8 Å². The van der Waals surface area contributed by atoms with Crippen molar-refractivity contribution >= 4 is 21.4 Å². The Bertz CT molecular complexity index is 399. The highest BCUT2D eigenvalue weighted by atomic mass is 32.1. The Kier molecular flexibility index (Phi) is 4.15. The Morgan fingerprint density at radius 2 is 1.71 bits per heavy atom. The summed E-state index contributed by atoms with van der Waals surface area (Å²) >= 11 is 1.86. The van der Waals surface area contributed by atoms with E-state index in [2.05, 4.69) is 52.0 Å². The highest BCUT2D eigenvalue weighted by molar-refractivity contribution is 7.19. The summed E-state index contributed by atoms with van der Waals surface area (Å²) in [5.41, 5.74) is 1.34. The van der Waals surface area contributed by atoms with Gasteiger partial charge in [0, 0.05) is 9.58 Å². The maximum Gasteiger partial charge on any atom is 0.0345 e. The summed E-state index contributed by atoms with van der Waals surface area (Å²) in [6.07, 6.45) is 1.25. The molecule has 0 saturated carbocycles. The average molecular weight is 206 g/mol. The third-order valence-electron chi connectivity index (χ3n) is 1.80. The fourth-order valence-corrected chi connectivity index (χ4v) is 2.20. The summed E-state index contributed by atoms with van der Waals surface area (Å²) in [5.74, 6) is 0. The van der Waals surface area contributed by atoms with Gasteiger partial charge in [0.2, 0.25) is 0 Å². The lowest BCUT2D eigenvalue weighted by atomic mass is 10.2. The van der Waals surface area contributed by atoms with E-state index in [0.29, 0.717) is 0 Å². The molecule has 0 atom stereocenters. The maximum absolute atomic E-state index is 2.24. The summed E-state index contributed by atoms with van der Waals surface area (Å²) in [5, 5.41) is 1.38. The van der Waals surface area contributed by atoms with E-state index in [9.17, 15) is 0 Å². The number of hydrogen-bond acceptors (Lipinski definition) is 1. The highest BCUT2D eigenvalue weighted by Gasteiger charge is 1.96. The van der Waals surface area contributed by atoms with E-state index >= 15 is 0 Å². The molecule has 1 aromatic carbocycles. The molecule has 0 fully saturated rings. The molecule has 0 saturated heterocycles. The number of thiophene rings is 1. The fourth-order valence-electron chi connectivity index (χ4n) is 1.30. The number of benzene rings is 1. The minimum Gasteiger partial charge on any atom is -0.141 e. The van der Waals surface area contributed by atoms with Crippen LogP contribution in [0.5, 0.6) is 0 Å². The summed E-state index contributed by atoms with van der Waals surface area (Å²) in [7, 11) is 0. The fraction of sp³-hybridized carbons (Fsp3) is 0.385. The van der Waals surface area contributed by atoms with Gasteiger partial charge in [0.05, 0.1) is 0 Å². The topological polar surface area (TPSA) is 0 Å². The molecule has 76 valence electrons. The third-order valence-corrected chi connectivity index (χ3v) is 2.83. The van der Waals surface area contributed by atoms with Crippen LogP contribution in [0.2, 0.25) is 0 Å². The molecule has 2 rings (SSSR count). The first-order chi connectivity index (χ1) is 6.67. The second kappa shape index (κ2) is 5.16. The quantitative estimate of drug-likeness (QED) is 0.573. The van der Waals surface area contributed by atoms with Gasteiger partial charge in [0.1, 0.15) is 0 Å². The van der Waals surface area contributed by atoms with Gasteiger partial charge in [-0.25, -0.2) is 0 Å². The van der Waals surface area contributed by atoms with Crippen LogP contribution in [0.1, 0.15) is 30.7 Å². The Morgan fingerprint density at radius 3 is 2.36 bits per heavy atom. The van der Waals surface area contributed by atoms with Gasteiger partial charge in [-0.15, -0.1) is 11.3 Å². The van der Waals surface area contributed by atoms with Crippen LogP contribution in [0.3, 0.4) is 0 Å². The van der Waals surface area contributed by atoms with Crippen LogP contribution in [0.25, 0.3) is 10.1 Å². The molecule has 0 radical (unpaired) electrons. The molecule has 0 bridgehead atoms. The van der Waals surface area contributed by atoms with Gasteiger partial charge in [0.25, 0.3) is 0 Å². The molecule has 0 unspecified atom stereocenters. The zero-order valence-corrected chi connectivity index (χ0v) is 10.2. The monoisotopic (exact) mass is 206 g/mol. The van der Waals surface area contributed by atoms with E-state index < -0.39 is 0 Å². The molecule has 0 nitrogen and oxygen atoms in total. The second-order valence-electron chi connectivity index (χ2n) is 3.61. The van der Waals surface area contributed by atoms with E-state index in [0.717, 1.165) is 0 Å². The van der Waals surface area contributed by atoms with E-state index in [-0.39, 0.29) is 0 Å². The van der Waals surface area contributed by atoms with Crippen LogP contribution < -0.4 is 0 Å². The lowest BCUT2D eigenvalue weighted by molar-refractivity contribution is 1.09. The van der Waals surface area contributed by atoms with Crippen molar-refractivity contribution in [2.24, 2.45) is 0 Å². The lowest BCUT2D eigenvalue weighted by Gasteiger charge is -1.89. The number of hydrogen-bond donors (Lipinski definition) is 0. The van der Waals surface area contributed by atoms with Crippen molar-refractivity contribution in [3.05, 3.63) is 34.7 Å². The van der Waals surface area contributed by atoms with Crippen LogP contribution in [0.4, 0.5) is 0 Å². The predicted molar refractivity (Wildman–Crippen MR) is 67.3 cm³/mol. The molecule has 1 heteroatoms. The van der Waals surface area contributed by atoms with Crippen molar-refractivity contribution in [2.75, 3.05) is 0 Å². The molecule has 1 heterocycles. The Hall–Kier alpha value is -0.820. The zero-order valence-electron chi connectivity index (χ0n) is 9.42. The van der Waals surface area contributed by atoms with E-state index in [1.54, 1.807) is 0 Å². The minimum absolute atomic E-state index is 1.25. The first-order valence-electron chi connectivity index (χ1n) is 5.14. The van der Waals surface area contributed by atoms with Crippen LogP contribution in [0.15, 0.2) is 24.3 Å². The largest absolute Gasteiger partial charge is 0.141 e. The molecule has 2 aromatic rings. The second-order valence-corrected chi connectivity index (χ2v) is 4.89. The molecular formula is C13H18S. The average Bonchev–Trinajstić information content (AvgIpc) is 2.45. The highest BCUT2D eigenvalue weighted by Crippen LogP contribution is 2.25. The van der Waals surface area contributed by atoms with Gasteiger partial charge in [-0.1, -0.05) is 38.0 Å². The molecule has 1 aromatic heterocycles. The smallest absolute Gasteiger partial charge is 0.0345 e. The van der Waals surface area contributed by atoms with Crippen LogP contribution in [-0.2, 0) is 0 Å². The van der Waals surface area contributed by atoms with Crippen molar-refractivity contribution in [1.29, 1.82) is 0 Å². The summed E-state index contributed by atoms with van der Waals surface area (Å²) in [4.78, 5) is 1.39. The summed E-state index contributed by atoms with van der Waals surface area (Å²) in [6, 6.07) is 8.84. The Labute approximate surface area is 90.6 Å². The third kappa shape index (κ3) is 2.85. The van der Waals surface area contributed by atoms with E-state index in [4.69, 9.17) is 0 Å². The minimum atomic E-state index is 1.25. The standard InChI is InChI=1S/C10H10S.C3H8/c1-7-3-4-10-9(5-7)6-8(2)11-10;1-3-2/h3-6H,1-2H3;3H2,1-2H3. The Balaban J connectivity index is 0.000000293. The van der Waals surface area contributed by atoms with Gasteiger partial charge < -0.3 is 0 Å². The van der Waals surface area contributed by atoms with Crippen molar-refractivity contribution in [3.8, 4) is 0 Å². The molecular weight excluding hydrogens is 188 g/mol. The van der Waals surface area contributed by atoms with E-state index in [1.807, 2.05) is 11.3 Å². The summed E-state index contributed by atoms with van der Waals surface area (Å²) < 4.78 is 1.40. The first kappa shape index (κ1) is 11.3. The molecule has 0 amide bonds. The molecule has 0 N–H and O–H groups in total. The lowest BCUT2D eigenvalue weighted by Crippen LogP contribution is -1.67. The maximum atomic E-state index is 2.24. The molecule has 0 spiro atoms. The van der Waals surface area contributed by atoms with E-state index in [1.165, 1.54) is 26.9 Å². The number of fused-ring (bicyclic) bond motifs is 1. The van der Waals surface area contributed by atoms with Crippen molar-refractivity contribution in [3.63, 3.8) is 0 Å². The van der Waals surface area contributed by atoms with Gasteiger partial charge in [0.15, 0.2) is 0 Å².